The Balaban J connectivity index is 1.84. The van der Waals surface area contributed by atoms with Crippen molar-refractivity contribution < 1.29 is 9.05 Å². The van der Waals surface area contributed by atoms with E-state index in [9.17, 15) is 0 Å². The van der Waals surface area contributed by atoms with Gasteiger partial charge in [-0.05, 0) is 31.2 Å². The lowest BCUT2D eigenvalue weighted by Gasteiger charge is -2.04. The average molecular weight is 456 g/mol. The van der Waals surface area contributed by atoms with E-state index in [2.05, 4.69) is 15.3 Å². The first kappa shape index (κ1) is 19.1. The van der Waals surface area contributed by atoms with Gasteiger partial charge >= 0.3 is 0 Å². The molecular formula is C18H10Cl4N4O2. The number of nitrogens with two attached hydrogens (primary N) is 1. The van der Waals surface area contributed by atoms with E-state index >= 15 is 0 Å². The van der Waals surface area contributed by atoms with Crippen molar-refractivity contribution in [1.29, 1.82) is 0 Å². The first-order chi connectivity index (χ1) is 13.4. The Bertz CT molecular complexity index is 1160. The number of hydrogen-bond donors (Lipinski definition) is 1. The van der Waals surface area contributed by atoms with Gasteiger partial charge in [-0.2, -0.15) is 4.98 Å². The number of halogens is 4. The first-order valence-corrected chi connectivity index (χ1v) is 9.37. The molecule has 0 unspecified atom stereocenters. The number of hydrogen-bond acceptors (Lipinski definition) is 6. The third kappa shape index (κ3) is 3.22. The number of rotatable bonds is 3. The van der Waals surface area contributed by atoms with Crippen LogP contribution in [0.2, 0.25) is 20.1 Å². The van der Waals surface area contributed by atoms with Crippen molar-refractivity contribution in [2.75, 3.05) is 5.73 Å². The maximum absolute atomic E-state index is 6.31. The lowest BCUT2D eigenvalue weighted by molar-refractivity contribution is 0.397. The van der Waals surface area contributed by atoms with Gasteiger partial charge in [-0.3, -0.25) is 0 Å². The third-order valence-electron chi connectivity index (χ3n) is 4.04. The van der Waals surface area contributed by atoms with Crippen molar-refractivity contribution in [3.05, 3.63) is 56.2 Å². The highest BCUT2D eigenvalue weighted by Gasteiger charge is 2.25. The Kier molecular flexibility index (Phi) is 4.97. The Morgan fingerprint density at radius 2 is 1.50 bits per heavy atom. The predicted molar refractivity (Wildman–Crippen MR) is 110 cm³/mol. The Morgan fingerprint density at radius 3 is 2.14 bits per heavy atom. The molecule has 28 heavy (non-hydrogen) atoms. The van der Waals surface area contributed by atoms with E-state index in [1.165, 1.54) is 0 Å². The summed E-state index contributed by atoms with van der Waals surface area (Å²) in [6, 6.07) is 8.34. The van der Waals surface area contributed by atoms with Gasteiger partial charge in [0.15, 0.2) is 0 Å². The zero-order chi connectivity index (χ0) is 20.0. The van der Waals surface area contributed by atoms with Crippen molar-refractivity contribution >= 4 is 52.1 Å². The number of benzene rings is 2. The van der Waals surface area contributed by atoms with Gasteiger partial charge < -0.3 is 14.8 Å². The molecule has 0 saturated heterocycles. The fourth-order valence-electron chi connectivity index (χ4n) is 2.67. The van der Waals surface area contributed by atoms with Crippen LogP contribution < -0.4 is 5.73 Å². The number of aromatic nitrogens is 3. The summed E-state index contributed by atoms with van der Waals surface area (Å²) in [5, 5.41) is 9.48. The average Bonchev–Trinajstić information content (AvgIpc) is 3.26. The molecule has 0 radical (unpaired) electrons. The van der Waals surface area contributed by atoms with Crippen LogP contribution in [0.25, 0.3) is 34.1 Å². The van der Waals surface area contributed by atoms with E-state index in [4.69, 9.17) is 61.2 Å². The Labute approximate surface area is 179 Å². The maximum Gasteiger partial charge on any atom is 0.264 e. The summed E-state index contributed by atoms with van der Waals surface area (Å²) < 4.78 is 10.8. The van der Waals surface area contributed by atoms with E-state index in [0.717, 1.165) is 0 Å². The highest BCUT2D eigenvalue weighted by Crippen LogP contribution is 2.41. The van der Waals surface area contributed by atoms with E-state index in [-0.39, 0.29) is 17.4 Å². The molecule has 2 heterocycles. The normalized spacial score (nSPS) is 11.2. The standard InChI is InChI=1S/C18H10Cl4N4O2/c1-7-13(16(25-27-7)14-9(19)3-2-4-10(14)20)18-24-17(26-28-18)8-5-11(21)15(23)12(22)6-8/h2-6H,23H2,1H3. The monoisotopic (exact) mass is 454 g/mol. The summed E-state index contributed by atoms with van der Waals surface area (Å²) in [4.78, 5) is 4.42. The molecule has 2 aromatic heterocycles. The molecule has 2 N–H and O–H groups in total. The van der Waals surface area contributed by atoms with Crippen molar-refractivity contribution in [3.8, 4) is 34.1 Å². The van der Waals surface area contributed by atoms with Crippen molar-refractivity contribution in [2.24, 2.45) is 0 Å². The molecule has 0 aliphatic heterocycles. The molecule has 142 valence electrons. The zero-order valence-electron chi connectivity index (χ0n) is 14.1. The molecule has 0 aliphatic carbocycles. The van der Waals surface area contributed by atoms with Crippen LogP contribution in [0.3, 0.4) is 0 Å². The van der Waals surface area contributed by atoms with Crippen LogP contribution in [0, 0.1) is 6.92 Å². The SMILES string of the molecule is Cc1onc(-c2c(Cl)cccc2Cl)c1-c1nc(-c2cc(Cl)c(N)c(Cl)c2)no1. The fraction of sp³-hybridized carbons (Fsp3) is 0.0556. The molecular weight excluding hydrogens is 446 g/mol. The largest absolute Gasteiger partial charge is 0.396 e. The molecule has 0 spiro atoms. The minimum atomic E-state index is 0.184. The molecule has 0 saturated carbocycles. The van der Waals surface area contributed by atoms with Crippen molar-refractivity contribution in [1.82, 2.24) is 15.3 Å². The molecule has 0 atom stereocenters. The van der Waals surface area contributed by atoms with Gasteiger partial charge in [0.2, 0.25) is 5.82 Å². The second-order valence-corrected chi connectivity index (χ2v) is 7.46. The van der Waals surface area contributed by atoms with E-state index in [1.54, 1.807) is 37.3 Å². The molecule has 4 rings (SSSR count). The number of nitrogen functional groups attached to an aromatic ring is 1. The van der Waals surface area contributed by atoms with Crippen LogP contribution in [0.4, 0.5) is 5.69 Å². The van der Waals surface area contributed by atoms with Crippen LogP contribution in [0.1, 0.15) is 5.76 Å². The van der Waals surface area contributed by atoms with E-state index < -0.39 is 0 Å². The fourth-order valence-corrected chi connectivity index (χ4v) is 3.74. The highest BCUT2D eigenvalue weighted by molar-refractivity contribution is 6.40. The smallest absolute Gasteiger partial charge is 0.264 e. The molecule has 10 heteroatoms. The molecule has 2 aromatic carbocycles. The lowest BCUT2D eigenvalue weighted by Crippen LogP contribution is -1.90. The third-order valence-corrected chi connectivity index (χ3v) is 5.29. The predicted octanol–water partition coefficient (Wildman–Crippen LogP) is 6.56. The second-order valence-electron chi connectivity index (χ2n) is 5.84. The van der Waals surface area contributed by atoms with Gasteiger partial charge in [0.25, 0.3) is 5.89 Å². The van der Waals surface area contributed by atoms with Crippen LogP contribution in [0.5, 0.6) is 0 Å². The van der Waals surface area contributed by atoms with Gasteiger partial charge in [-0.1, -0.05) is 62.8 Å². The van der Waals surface area contributed by atoms with Crippen LogP contribution in [-0.2, 0) is 0 Å². The first-order valence-electron chi connectivity index (χ1n) is 7.86. The van der Waals surface area contributed by atoms with Gasteiger partial charge in [-0.25, -0.2) is 0 Å². The molecule has 0 bridgehead atoms. The summed E-state index contributed by atoms with van der Waals surface area (Å²) in [6.07, 6.45) is 0. The maximum atomic E-state index is 6.31. The molecule has 4 aromatic rings. The van der Waals surface area contributed by atoms with Gasteiger partial charge in [-0.15, -0.1) is 0 Å². The van der Waals surface area contributed by atoms with Crippen molar-refractivity contribution in [2.45, 2.75) is 6.92 Å². The minimum absolute atomic E-state index is 0.184. The van der Waals surface area contributed by atoms with E-state index in [0.29, 0.717) is 48.2 Å². The van der Waals surface area contributed by atoms with Crippen LogP contribution in [0.15, 0.2) is 39.4 Å². The molecule has 6 nitrogen and oxygen atoms in total. The van der Waals surface area contributed by atoms with Gasteiger partial charge in [0, 0.05) is 11.1 Å². The van der Waals surface area contributed by atoms with Crippen LogP contribution in [-0.4, -0.2) is 15.3 Å². The molecule has 0 fully saturated rings. The molecule has 0 amide bonds. The number of aryl methyl sites for hydroxylation is 1. The Morgan fingerprint density at radius 1 is 0.857 bits per heavy atom. The molecule has 0 aliphatic rings. The van der Waals surface area contributed by atoms with E-state index in [1.807, 2.05) is 0 Å². The van der Waals surface area contributed by atoms with Gasteiger partial charge in [0.05, 0.1) is 25.8 Å². The summed E-state index contributed by atoms with van der Waals surface area (Å²) in [5.41, 5.74) is 7.99. The summed E-state index contributed by atoms with van der Waals surface area (Å²) >= 11 is 24.8. The van der Waals surface area contributed by atoms with Crippen molar-refractivity contribution in [3.63, 3.8) is 0 Å². The second kappa shape index (κ2) is 7.29. The summed E-state index contributed by atoms with van der Waals surface area (Å²) in [6.45, 7) is 1.72. The van der Waals surface area contributed by atoms with Gasteiger partial charge in [0.1, 0.15) is 17.0 Å². The quantitative estimate of drug-likeness (QED) is 0.351. The topological polar surface area (TPSA) is 91.0 Å². The summed E-state index contributed by atoms with van der Waals surface area (Å²) in [5.74, 6) is 0.925. The number of anilines is 1. The van der Waals surface area contributed by atoms with Crippen LogP contribution >= 0.6 is 46.4 Å². The minimum Gasteiger partial charge on any atom is -0.396 e. The lowest BCUT2D eigenvalue weighted by atomic mass is 10.1. The summed E-state index contributed by atoms with van der Waals surface area (Å²) in [7, 11) is 0. The zero-order valence-corrected chi connectivity index (χ0v) is 17.2. The highest BCUT2D eigenvalue weighted by atomic mass is 35.5. The Hall–Kier alpha value is -2.25. The number of nitrogens with zero attached hydrogens (tertiary/aromatic N) is 3.